The number of rotatable bonds is 15. The van der Waals surface area contributed by atoms with Gasteiger partial charge in [0.05, 0.1) is 0 Å². The van der Waals surface area contributed by atoms with E-state index in [0.717, 1.165) is 11.1 Å². The Morgan fingerprint density at radius 1 is 0.810 bits per heavy atom. The lowest BCUT2D eigenvalue weighted by Gasteiger charge is -2.36. The van der Waals surface area contributed by atoms with Gasteiger partial charge >= 0.3 is 12.0 Å². The van der Waals surface area contributed by atoms with Crippen molar-refractivity contribution in [2.75, 3.05) is 32.6 Å². The van der Waals surface area contributed by atoms with Crippen LogP contribution >= 0.6 is 0 Å². The minimum Gasteiger partial charge on any atom is -0.508 e. The molecule has 3 rings (SSSR count). The summed E-state index contributed by atoms with van der Waals surface area (Å²) in [6, 6.07) is 7.86. The zero-order valence-corrected chi connectivity index (χ0v) is 38.4. The van der Waals surface area contributed by atoms with E-state index < -0.39 is 100 Å². The number of amides is 7. The molecule has 1 aliphatic rings. The van der Waals surface area contributed by atoms with Crippen LogP contribution in [0.5, 0.6) is 5.75 Å². The molecule has 1 heterocycles. The number of likely N-dealkylation sites (N-methyl/N-ethyl adjacent to an activating group) is 2. The number of phenolic OH excluding ortho intramolecular Hbond substituents is 1. The topological polar surface area (TPSA) is 244 Å². The Hall–Kier alpha value is -5.52. The summed E-state index contributed by atoms with van der Waals surface area (Å²) in [7, 11) is 1.63. The number of carbonyl (C=O) groups is 7. The van der Waals surface area contributed by atoms with Crippen LogP contribution in [-0.4, -0.2) is 135 Å². The van der Waals surface area contributed by atoms with Crippen molar-refractivity contribution in [3.05, 3.63) is 65.7 Å². The molecule has 1 fully saturated rings. The number of hydrogen-bond donors (Lipinski definition) is 7. The molecule has 0 spiro atoms. The smallest absolute Gasteiger partial charge is 0.326 e. The van der Waals surface area contributed by atoms with Crippen LogP contribution in [0.3, 0.4) is 0 Å². The minimum absolute atomic E-state index is 0.0466. The van der Waals surface area contributed by atoms with Crippen LogP contribution in [0.15, 0.2) is 54.6 Å². The number of benzene rings is 2. The first-order valence-electron chi connectivity index (χ1n) is 21.7. The summed E-state index contributed by atoms with van der Waals surface area (Å²) in [6.45, 7) is 7.01. The predicted octanol–water partition coefficient (Wildman–Crippen LogP) is 2.47. The van der Waals surface area contributed by atoms with Crippen molar-refractivity contribution in [2.24, 2.45) is 11.8 Å². The Morgan fingerprint density at radius 3 is 2.03 bits per heavy atom. The van der Waals surface area contributed by atoms with Crippen LogP contribution in [0.2, 0.25) is 0 Å². The van der Waals surface area contributed by atoms with E-state index in [-0.39, 0.29) is 43.7 Å². The molecule has 0 radical (unpaired) electrons. The van der Waals surface area contributed by atoms with Gasteiger partial charge in [0.25, 0.3) is 0 Å². The van der Waals surface area contributed by atoms with Gasteiger partial charge in [-0.15, -0.1) is 0 Å². The molecular weight excluding hydrogens is 831 g/mol. The summed E-state index contributed by atoms with van der Waals surface area (Å²) in [6.07, 6.45) is 3.59. The van der Waals surface area contributed by atoms with E-state index in [9.17, 15) is 48.0 Å². The molecule has 7 N–H and O–H groups in total. The van der Waals surface area contributed by atoms with E-state index in [4.69, 9.17) is 0 Å². The highest BCUT2D eigenvalue weighted by molar-refractivity contribution is 7.84. The van der Waals surface area contributed by atoms with Crippen LogP contribution in [0, 0.1) is 11.8 Å². The minimum atomic E-state index is -1.31. The van der Waals surface area contributed by atoms with Gasteiger partial charge in [0.1, 0.15) is 42.0 Å². The third-order valence-corrected chi connectivity index (χ3v) is 12.4. The number of carboxylic acid groups (broad SMARTS) is 1. The zero-order valence-electron chi connectivity index (χ0n) is 37.6. The standard InChI is InChI=1S/C45H67N7O10S/c1-8-29(4)38(44(59)60)50-45(61)48-33-16-12-13-26-46-40(55)35(25-27-63(7)62)51(5)43(58)36(24-20-31-17-21-32(53)22-18-31)52(6)42(57)34(23-19-30-14-10-9-11-15-30)47-41(56)37(28(2)3)49-39(33)54/h9-11,14-15,17-18,21-22,28-29,33-38,53H,8,12-13,16,19-20,23-27H2,1-7H3,(H,46,55)(H,47,56)(H,49,54)(H,59,60)(H2,48,50,61). The molecule has 7 amide bonds. The number of aryl methyl sites for hydroxylation is 2. The Bertz CT molecular complexity index is 1880. The summed E-state index contributed by atoms with van der Waals surface area (Å²) in [5.41, 5.74) is 1.67. The lowest BCUT2D eigenvalue weighted by molar-refractivity contribution is -0.149. The first kappa shape index (κ1) is 51.8. The molecule has 2 aromatic carbocycles. The Morgan fingerprint density at radius 2 is 1.43 bits per heavy atom. The van der Waals surface area contributed by atoms with E-state index in [1.165, 1.54) is 42.3 Å². The van der Waals surface area contributed by atoms with Crippen LogP contribution in [-0.2, 0) is 52.4 Å². The fraction of sp³-hybridized carbons (Fsp3) is 0.578. The highest BCUT2D eigenvalue weighted by atomic mass is 32.2. The van der Waals surface area contributed by atoms with Gasteiger partial charge in [-0.05, 0) is 86.5 Å². The second-order valence-corrected chi connectivity index (χ2v) is 18.2. The molecule has 2 aromatic rings. The van der Waals surface area contributed by atoms with Crippen molar-refractivity contribution in [1.82, 2.24) is 36.4 Å². The zero-order chi connectivity index (χ0) is 46.8. The van der Waals surface area contributed by atoms with Crippen molar-refractivity contribution < 1.29 is 48.0 Å². The molecule has 1 saturated heterocycles. The number of nitrogens with one attached hydrogen (secondary N) is 5. The van der Waals surface area contributed by atoms with Gasteiger partial charge in [0, 0.05) is 43.4 Å². The molecule has 63 heavy (non-hydrogen) atoms. The average molecular weight is 898 g/mol. The molecule has 348 valence electrons. The van der Waals surface area contributed by atoms with Gasteiger partial charge in [0.15, 0.2) is 0 Å². The maximum atomic E-state index is 14.8. The summed E-state index contributed by atoms with van der Waals surface area (Å²) < 4.78 is 12.3. The molecule has 8 unspecified atom stereocenters. The number of phenols is 1. The maximum Gasteiger partial charge on any atom is 0.326 e. The second kappa shape index (κ2) is 25.6. The van der Waals surface area contributed by atoms with Crippen molar-refractivity contribution in [1.29, 1.82) is 0 Å². The first-order valence-corrected chi connectivity index (χ1v) is 23.4. The van der Waals surface area contributed by atoms with E-state index in [1.54, 1.807) is 39.8 Å². The van der Waals surface area contributed by atoms with E-state index in [1.807, 2.05) is 30.3 Å². The Kier molecular flexibility index (Phi) is 21.0. The van der Waals surface area contributed by atoms with Crippen molar-refractivity contribution in [3.8, 4) is 5.75 Å². The van der Waals surface area contributed by atoms with Gasteiger partial charge < -0.3 is 46.6 Å². The lowest BCUT2D eigenvalue weighted by Crippen LogP contribution is -2.61. The monoisotopic (exact) mass is 897 g/mol. The quantitative estimate of drug-likeness (QED) is 0.138. The number of carboxylic acids is 1. The summed E-state index contributed by atoms with van der Waals surface area (Å²) in [4.78, 5) is 99.4. The molecule has 0 aliphatic carbocycles. The summed E-state index contributed by atoms with van der Waals surface area (Å²) in [5, 5.41) is 33.2. The first-order chi connectivity index (χ1) is 29.8. The summed E-state index contributed by atoms with van der Waals surface area (Å²) >= 11 is 0. The Labute approximate surface area is 373 Å². The lowest BCUT2D eigenvalue weighted by atomic mass is 9.98. The molecule has 8 atom stereocenters. The van der Waals surface area contributed by atoms with Crippen molar-refractivity contribution in [2.45, 2.75) is 122 Å². The summed E-state index contributed by atoms with van der Waals surface area (Å²) in [5.74, 6) is -5.02. The molecule has 0 aromatic heterocycles. The molecule has 0 bridgehead atoms. The van der Waals surface area contributed by atoms with Gasteiger partial charge in [-0.3, -0.25) is 28.2 Å². The largest absolute Gasteiger partial charge is 0.508 e. The fourth-order valence-electron chi connectivity index (χ4n) is 7.37. The van der Waals surface area contributed by atoms with Crippen LogP contribution < -0.4 is 26.6 Å². The molecular formula is C45H67N7O10S. The van der Waals surface area contributed by atoms with E-state index in [0.29, 0.717) is 32.1 Å². The number of aliphatic carboxylic acids is 1. The second-order valence-electron chi connectivity index (χ2n) is 16.7. The fourth-order valence-corrected chi connectivity index (χ4v) is 7.93. The molecule has 17 nitrogen and oxygen atoms in total. The average Bonchev–Trinajstić information content (AvgIpc) is 3.25. The third-order valence-electron chi connectivity index (χ3n) is 11.6. The number of nitrogens with zero attached hydrogens (tertiary/aromatic N) is 2. The number of aromatic hydroxyl groups is 1. The molecule has 1 aliphatic heterocycles. The molecule has 0 saturated carbocycles. The number of hydrogen-bond acceptors (Lipinski definition) is 9. The number of carbonyl (C=O) groups excluding carboxylic acids is 6. The highest BCUT2D eigenvalue weighted by Gasteiger charge is 2.38. The number of urea groups is 1. The normalized spacial score (nSPS) is 22.7. The van der Waals surface area contributed by atoms with Crippen molar-refractivity contribution in [3.63, 3.8) is 0 Å². The van der Waals surface area contributed by atoms with Crippen molar-refractivity contribution >= 4 is 52.3 Å². The predicted molar refractivity (Wildman–Crippen MR) is 240 cm³/mol. The molecule has 18 heteroatoms. The van der Waals surface area contributed by atoms with Crippen LogP contribution in [0.25, 0.3) is 0 Å². The SMILES string of the molecule is CCC(C)C(NC(=O)NC1CCCCNC(=O)C(CCS(C)=O)N(C)C(=O)C(CCc2ccc(O)cc2)N(C)C(=O)C(CCc2ccccc2)NC(=O)C(C(C)C)NC1=O)C(=O)O. The van der Waals surface area contributed by atoms with Gasteiger partial charge in [-0.25, -0.2) is 9.59 Å². The van der Waals surface area contributed by atoms with Gasteiger partial charge in [-0.2, -0.15) is 0 Å². The van der Waals surface area contributed by atoms with Gasteiger partial charge in [-0.1, -0.05) is 76.6 Å². The van der Waals surface area contributed by atoms with Crippen LogP contribution in [0.1, 0.15) is 83.8 Å². The highest BCUT2D eigenvalue weighted by Crippen LogP contribution is 2.20. The van der Waals surface area contributed by atoms with E-state index >= 15 is 0 Å². The maximum absolute atomic E-state index is 14.8. The Balaban J connectivity index is 2.09. The van der Waals surface area contributed by atoms with E-state index in [2.05, 4.69) is 26.6 Å². The van der Waals surface area contributed by atoms with Gasteiger partial charge in [0.2, 0.25) is 29.5 Å². The van der Waals surface area contributed by atoms with Crippen LogP contribution in [0.4, 0.5) is 4.79 Å². The third kappa shape index (κ3) is 16.3.